The summed E-state index contributed by atoms with van der Waals surface area (Å²) in [5, 5.41) is 22.4. The molecule has 0 bridgehead atoms. The molecule has 0 aliphatic rings. The molecule has 0 unspecified atom stereocenters. The van der Waals surface area contributed by atoms with Crippen molar-refractivity contribution >= 4 is 23.5 Å². The van der Waals surface area contributed by atoms with Gasteiger partial charge in [0.05, 0.1) is 30.9 Å². The van der Waals surface area contributed by atoms with E-state index >= 15 is 0 Å². The van der Waals surface area contributed by atoms with Gasteiger partial charge in [0, 0.05) is 5.41 Å². The molecule has 0 atom stereocenters. The molecule has 0 saturated heterocycles. The molecule has 34 heavy (non-hydrogen) atoms. The first-order valence-electron chi connectivity index (χ1n) is 9.40. The number of rotatable bonds is 9. The molecule has 0 aliphatic heterocycles. The number of hydrogen-bond donors (Lipinski definition) is 3. The van der Waals surface area contributed by atoms with Crippen molar-refractivity contribution in [3.8, 4) is 0 Å². The van der Waals surface area contributed by atoms with Crippen LogP contribution < -0.4 is 0 Å². The van der Waals surface area contributed by atoms with Crippen molar-refractivity contribution in [3.63, 3.8) is 0 Å². The van der Waals surface area contributed by atoms with E-state index in [0.29, 0.717) is 18.0 Å². The largest absolute Gasteiger partial charge is 0.476 e. The average molecular weight is 477 g/mol. The van der Waals surface area contributed by atoms with Crippen LogP contribution in [0.2, 0.25) is 0 Å². The fraction of sp³-hybridized carbons (Fsp3) is 0.360. The van der Waals surface area contributed by atoms with Gasteiger partial charge in [0.1, 0.15) is 6.79 Å². The summed E-state index contributed by atoms with van der Waals surface area (Å²) in [7, 11) is 0. The van der Waals surface area contributed by atoms with Crippen molar-refractivity contribution in [2.24, 2.45) is 9.98 Å². The second-order valence-electron chi connectivity index (χ2n) is 6.35. The predicted octanol–water partition coefficient (Wildman–Crippen LogP) is 4.26. The number of benzene rings is 2. The van der Waals surface area contributed by atoms with E-state index in [4.69, 9.17) is 15.3 Å². The van der Waals surface area contributed by atoms with Crippen LogP contribution in [0.5, 0.6) is 0 Å². The van der Waals surface area contributed by atoms with Crippen molar-refractivity contribution in [1.82, 2.24) is 0 Å². The maximum atomic E-state index is 10.2. The molecular weight excluding hydrogens is 440 g/mol. The Bertz CT molecular complexity index is 806. The Morgan fingerprint density at radius 3 is 1.56 bits per heavy atom. The van der Waals surface area contributed by atoms with Crippen molar-refractivity contribution in [3.05, 3.63) is 72.5 Å². The first kappa shape index (κ1) is 35.2. The fourth-order valence-electron chi connectivity index (χ4n) is 2.40. The van der Waals surface area contributed by atoms with E-state index < -0.39 is 6.79 Å². The molecule has 9 heteroatoms. The monoisotopic (exact) mass is 476 g/mol. The average Bonchev–Trinajstić information content (AvgIpc) is 2.79. The van der Waals surface area contributed by atoms with Crippen LogP contribution in [-0.4, -0.2) is 54.3 Å². The Balaban J connectivity index is -0.000000628. The van der Waals surface area contributed by atoms with Crippen LogP contribution >= 0.6 is 0 Å². The van der Waals surface area contributed by atoms with E-state index in [1.54, 1.807) is 24.3 Å². The van der Waals surface area contributed by atoms with Gasteiger partial charge in [-0.2, -0.15) is 9.98 Å². The quantitative estimate of drug-likeness (QED) is 0.162. The molecule has 0 fully saturated rings. The normalized spacial score (nSPS) is 8.97. The summed E-state index contributed by atoms with van der Waals surface area (Å²) in [5.74, 6) is 0. The molecule has 0 amide bonds. The predicted molar refractivity (Wildman–Crippen MR) is 133 cm³/mol. The minimum absolute atomic E-state index is 0. The fourth-order valence-corrected chi connectivity index (χ4v) is 2.40. The van der Waals surface area contributed by atoms with Gasteiger partial charge in [-0.15, -0.1) is 0 Å². The molecule has 0 heterocycles. The summed E-state index contributed by atoms with van der Waals surface area (Å²) in [5.41, 5.74) is 3.14. The number of hydrogen-bond acceptors (Lipinski definition) is 9. The van der Waals surface area contributed by atoms with Crippen molar-refractivity contribution in [2.75, 3.05) is 26.8 Å². The Morgan fingerprint density at radius 2 is 1.26 bits per heavy atom. The molecule has 0 spiro atoms. The van der Waals surface area contributed by atoms with Crippen LogP contribution in [-0.2, 0) is 24.5 Å². The zero-order valence-electron chi connectivity index (χ0n) is 18.1. The van der Waals surface area contributed by atoms with Crippen molar-refractivity contribution in [2.45, 2.75) is 34.1 Å². The van der Waals surface area contributed by atoms with Gasteiger partial charge in [0.15, 0.2) is 6.79 Å². The van der Waals surface area contributed by atoms with Gasteiger partial charge in [-0.25, -0.2) is 9.59 Å². The lowest BCUT2D eigenvalue weighted by molar-refractivity contribution is -0.0238. The van der Waals surface area contributed by atoms with Crippen LogP contribution in [0.25, 0.3) is 0 Å². The lowest BCUT2D eigenvalue weighted by Gasteiger charge is -2.26. The zero-order valence-corrected chi connectivity index (χ0v) is 18.1. The first-order chi connectivity index (χ1) is 15.4. The van der Waals surface area contributed by atoms with Gasteiger partial charge in [-0.3, -0.25) is 0 Å². The summed E-state index contributed by atoms with van der Waals surface area (Å²) in [6.45, 7) is 7.26. The first-order valence-corrected chi connectivity index (χ1v) is 9.40. The number of isocyanates is 2. The van der Waals surface area contributed by atoms with Crippen molar-refractivity contribution < 1.29 is 34.4 Å². The Kier molecular flexibility index (Phi) is 22.2. The van der Waals surface area contributed by atoms with Gasteiger partial charge in [-0.05, 0) is 35.4 Å². The molecule has 188 valence electrons. The highest BCUT2D eigenvalue weighted by Gasteiger charge is 2.22. The van der Waals surface area contributed by atoms with Crippen molar-refractivity contribution in [1.29, 1.82) is 0 Å². The highest BCUT2D eigenvalue weighted by molar-refractivity contribution is 5.53. The lowest BCUT2D eigenvalue weighted by Crippen LogP contribution is -2.18. The van der Waals surface area contributed by atoms with Crippen LogP contribution in [0.3, 0.4) is 0 Å². The second-order valence-corrected chi connectivity index (χ2v) is 6.35. The van der Waals surface area contributed by atoms with Crippen LogP contribution in [0.1, 0.15) is 39.8 Å². The standard InChI is InChI=1S/C17H14N2O2.C5H10O3.CH4O2.2CH4/c1-17(2,13-3-7-15(8-4-13)18-11-20)14-5-9-16(10-6-14)19-12-21;1-2-7-5-8-4-3-6;2-1-3;;/h3-10H,1-2H3;2,6H,1,3-5H2;2-3H,1H2;2*1H4. The third-order valence-corrected chi connectivity index (χ3v) is 4.03. The molecule has 3 N–H and O–H groups in total. The molecular formula is C25H36N2O7. The topological polar surface area (TPSA) is 138 Å². The van der Waals surface area contributed by atoms with Gasteiger partial charge in [0.2, 0.25) is 12.2 Å². The number of aliphatic imine (C=N–C) groups is 2. The third kappa shape index (κ3) is 13.9. The van der Waals surface area contributed by atoms with E-state index in [2.05, 4.69) is 39.9 Å². The van der Waals surface area contributed by atoms with Gasteiger partial charge < -0.3 is 24.8 Å². The number of aliphatic hydroxyl groups is 3. The van der Waals surface area contributed by atoms with E-state index in [-0.39, 0.29) is 33.7 Å². The molecule has 0 aromatic heterocycles. The SMILES string of the molecule is C.C.C=COCOCCO.CC(C)(c1ccc(N=C=O)cc1)c1ccc(N=C=O)cc1.OCO. The number of ether oxygens (including phenoxy) is 2. The Hall–Kier alpha value is -3.42. The van der Waals surface area contributed by atoms with E-state index in [1.807, 2.05) is 24.3 Å². The van der Waals surface area contributed by atoms with Crippen LogP contribution in [0.15, 0.2) is 71.4 Å². The second kappa shape index (κ2) is 21.4. The summed E-state index contributed by atoms with van der Waals surface area (Å²) in [6, 6.07) is 14.9. The molecule has 9 nitrogen and oxygen atoms in total. The lowest BCUT2D eigenvalue weighted by atomic mass is 9.78. The van der Waals surface area contributed by atoms with Crippen LogP contribution in [0, 0.1) is 0 Å². The molecule has 0 saturated carbocycles. The summed E-state index contributed by atoms with van der Waals surface area (Å²) in [4.78, 5) is 27.6. The Labute approximate surface area is 201 Å². The van der Waals surface area contributed by atoms with E-state index in [1.165, 1.54) is 18.4 Å². The molecule has 0 aliphatic carbocycles. The maximum absolute atomic E-state index is 10.2. The number of aliphatic hydroxyl groups excluding tert-OH is 2. The molecule has 2 rings (SSSR count). The summed E-state index contributed by atoms with van der Waals surface area (Å²) >= 11 is 0. The number of carbonyl (C=O) groups excluding carboxylic acids is 2. The minimum atomic E-state index is -0.750. The molecule has 0 radical (unpaired) electrons. The molecule has 2 aromatic rings. The highest BCUT2D eigenvalue weighted by atomic mass is 16.7. The summed E-state index contributed by atoms with van der Waals surface area (Å²) < 4.78 is 9.25. The van der Waals surface area contributed by atoms with E-state index in [9.17, 15) is 9.59 Å². The smallest absolute Gasteiger partial charge is 0.240 e. The number of nitrogens with zero attached hydrogens (tertiary/aromatic N) is 2. The zero-order chi connectivity index (χ0) is 24.2. The van der Waals surface area contributed by atoms with Gasteiger partial charge in [-0.1, -0.05) is 59.5 Å². The van der Waals surface area contributed by atoms with Crippen LogP contribution in [0.4, 0.5) is 11.4 Å². The maximum Gasteiger partial charge on any atom is 0.240 e. The van der Waals surface area contributed by atoms with E-state index in [0.717, 1.165) is 11.1 Å². The molecule has 2 aromatic carbocycles. The minimum Gasteiger partial charge on any atom is -0.476 e. The van der Waals surface area contributed by atoms with Gasteiger partial charge in [0.25, 0.3) is 0 Å². The summed E-state index contributed by atoms with van der Waals surface area (Å²) in [6.07, 6.45) is 4.34. The van der Waals surface area contributed by atoms with Gasteiger partial charge >= 0.3 is 0 Å². The third-order valence-electron chi connectivity index (χ3n) is 4.03. The highest BCUT2D eigenvalue weighted by Crippen LogP contribution is 2.33. The Morgan fingerprint density at radius 1 is 0.882 bits per heavy atom.